The van der Waals surface area contributed by atoms with Crippen molar-refractivity contribution in [3.05, 3.63) is 0 Å². The van der Waals surface area contributed by atoms with Gasteiger partial charge in [0.25, 0.3) is 5.91 Å². The van der Waals surface area contributed by atoms with Crippen LogP contribution in [0.5, 0.6) is 0 Å². The Morgan fingerprint density at radius 2 is 1.89 bits per heavy atom. The molecule has 2 atom stereocenters. The standard InChI is InChI=1S/C11H18N6O2/c1-15-8-7(9(18)16(2)11(15)19)13-10(14-8)17-5-3-12-4-6-17/h7-8,12H,3-6H2,1-2H3,(H,13,14)/t7-,8-/m0/s1. The van der Waals surface area contributed by atoms with Crippen LogP contribution in [0.2, 0.25) is 0 Å². The largest absolute Gasteiger partial charge is 0.341 e. The zero-order chi connectivity index (χ0) is 13.6. The molecule has 2 fully saturated rings. The van der Waals surface area contributed by atoms with Crippen LogP contribution in [-0.4, -0.2) is 85.1 Å². The van der Waals surface area contributed by atoms with Crippen molar-refractivity contribution in [1.82, 2.24) is 25.3 Å². The van der Waals surface area contributed by atoms with Gasteiger partial charge in [-0.05, 0) is 0 Å². The molecule has 0 aliphatic carbocycles. The Kier molecular flexibility index (Phi) is 2.81. The summed E-state index contributed by atoms with van der Waals surface area (Å²) in [6.45, 7) is 3.51. The molecule has 0 saturated carbocycles. The van der Waals surface area contributed by atoms with Crippen molar-refractivity contribution in [3.63, 3.8) is 0 Å². The highest BCUT2D eigenvalue weighted by Crippen LogP contribution is 2.21. The average molecular weight is 266 g/mol. The Morgan fingerprint density at radius 3 is 2.58 bits per heavy atom. The number of amides is 3. The Balaban J connectivity index is 1.81. The first-order valence-corrected chi connectivity index (χ1v) is 6.44. The molecule has 0 bridgehead atoms. The topological polar surface area (TPSA) is 80.3 Å². The first kappa shape index (κ1) is 12.2. The third kappa shape index (κ3) is 1.83. The summed E-state index contributed by atoms with van der Waals surface area (Å²) in [7, 11) is 3.18. The Morgan fingerprint density at radius 1 is 1.21 bits per heavy atom. The van der Waals surface area contributed by atoms with E-state index in [1.54, 1.807) is 7.05 Å². The van der Waals surface area contributed by atoms with Gasteiger partial charge in [0, 0.05) is 40.3 Å². The fourth-order valence-corrected chi connectivity index (χ4v) is 2.65. The van der Waals surface area contributed by atoms with E-state index in [0.29, 0.717) is 0 Å². The van der Waals surface area contributed by atoms with Crippen molar-refractivity contribution in [2.75, 3.05) is 40.3 Å². The van der Waals surface area contributed by atoms with Crippen molar-refractivity contribution < 1.29 is 9.59 Å². The molecule has 2 N–H and O–H groups in total. The summed E-state index contributed by atoms with van der Waals surface area (Å²) in [6, 6.07) is -0.768. The minimum Gasteiger partial charge on any atom is -0.341 e. The first-order chi connectivity index (χ1) is 9.09. The number of guanidine groups is 1. The van der Waals surface area contributed by atoms with E-state index in [-0.39, 0.29) is 11.9 Å². The van der Waals surface area contributed by atoms with E-state index in [1.165, 1.54) is 11.9 Å². The SMILES string of the molecule is CN1C(=O)[C@H]2NC(N3CCNCC3)=N[C@H]2N(C)C1=O. The van der Waals surface area contributed by atoms with Crippen LogP contribution < -0.4 is 10.6 Å². The van der Waals surface area contributed by atoms with Crippen LogP contribution in [0.4, 0.5) is 4.79 Å². The number of carbonyl (C=O) groups is 2. The fraction of sp³-hybridized carbons (Fsp3) is 0.727. The molecule has 0 unspecified atom stereocenters. The molecule has 3 rings (SSSR count). The van der Waals surface area contributed by atoms with Crippen LogP contribution in [-0.2, 0) is 4.79 Å². The molecule has 3 heterocycles. The lowest BCUT2D eigenvalue weighted by Crippen LogP contribution is -2.63. The summed E-state index contributed by atoms with van der Waals surface area (Å²) in [5.41, 5.74) is 0. The first-order valence-electron chi connectivity index (χ1n) is 6.44. The molecule has 104 valence electrons. The summed E-state index contributed by atoms with van der Waals surface area (Å²) in [6.07, 6.45) is -0.430. The normalized spacial score (nSPS) is 31.3. The third-order valence-electron chi connectivity index (χ3n) is 3.84. The van der Waals surface area contributed by atoms with E-state index in [9.17, 15) is 9.59 Å². The minimum absolute atomic E-state index is 0.220. The summed E-state index contributed by atoms with van der Waals surface area (Å²) < 4.78 is 0. The molecule has 0 aromatic rings. The van der Waals surface area contributed by atoms with Gasteiger partial charge in [-0.25, -0.2) is 9.79 Å². The maximum absolute atomic E-state index is 12.1. The molecular weight excluding hydrogens is 248 g/mol. The van der Waals surface area contributed by atoms with Gasteiger partial charge in [-0.3, -0.25) is 9.69 Å². The average Bonchev–Trinajstić information content (AvgIpc) is 2.89. The molecule has 0 aromatic carbocycles. The minimum atomic E-state index is -0.461. The van der Waals surface area contributed by atoms with Gasteiger partial charge in [0.2, 0.25) is 0 Å². The van der Waals surface area contributed by atoms with Gasteiger partial charge >= 0.3 is 6.03 Å². The van der Waals surface area contributed by atoms with Gasteiger partial charge < -0.3 is 20.4 Å². The number of nitrogens with one attached hydrogen (secondary N) is 2. The molecule has 2 saturated heterocycles. The molecule has 0 spiro atoms. The van der Waals surface area contributed by atoms with E-state index in [4.69, 9.17) is 0 Å². The number of fused-ring (bicyclic) bond motifs is 1. The monoisotopic (exact) mass is 266 g/mol. The van der Waals surface area contributed by atoms with Crippen LogP contribution in [0.15, 0.2) is 4.99 Å². The van der Waals surface area contributed by atoms with Gasteiger partial charge in [-0.2, -0.15) is 0 Å². The van der Waals surface area contributed by atoms with Crippen molar-refractivity contribution >= 4 is 17.9 Å². The molecule has 0 radical (unpaired) electrons. The number of imide groups is 1. The highest BCUT2D eigenvalue weighted by molar-refractivity contribution is 6.03. The number of nitrogens with zero attached hydrogens (tertiary/aromatic N) is 4. The second kappa shape index (κ2) is 4.37. The van der Waals surface area contributed by atoms with Crippen molar-refractivity contribution in [3.8, 4) is 0 Å². The predicted molar refractivity (Wildman–Crippen MR) is 68.5 cm³/mol. The van der Waals surface area contributed by atoms with Gasteiger partial charge in [-0.1, -0.05) is 0 Å². The zero-order valence-electron chi connectivity index (χ0n) is 11.1. The Bertz CT molecular complexity index is 444. The van der Waals surface area contributed by atoms with Gasteiger partial charge in [0.1, 0.15) is 6.04 Å². The number of rotatable bonds is 0. The molecule has 8 heteroatoms. The van der Waals surface area contributed by atoms with Crippen molar-refractivity contribution in [1.29, 1.82) is 0 Å². The smallest absolute Gasteiger partial charge is 0.328 e. The lowest BCUT2D eigenvalue weighted by Gasteiger charge is -2.36. The number of aliphatic imine (C=N–C) groups is 1. The highest BCUT2D eigenvalue weighted by Gasteiger charge is 2.47. The van der Waals surface area contributed by atoms with E-state index < -0.39 is 12.2 Å². The summed E-state index contributed by atoms with van der Waals surface area (Å²) >= 11 is 0. The van der Waals surface area contributed by atoms with Crippen molar-refractivity contribution in [2.45, 2.75) is 12.2 Å². The third-order valence-corrected chi connectivity index (χ3v) is 3.84. The van der Waals surface area contributed by atoms with E-state index in [0.717, 1.165) is 37.0 Å². The molecular formula is C11H18N6O2. The number of carbonyl (C=O) groups excluding carboxylic acids is 2. The second-order valence-electron chi connectivity index (χ2n) is 5.02. The predicted octanol–water partition coefficient (Wildman–Crippen LogP) is -1.93. The summed E-state index contributed by atoms with van der Waals surface area (Å²) in [5, 5.41) is 6.43. The van der Waals surface area contributed by atoms with Gasteiger partial charge in [0.15, 0.2) is 12.1 Å². The summed E-state index contributed by atoms with van der Waals surface area (Å²) in [5.74, 6) is 0.502. The molecule has 19 heavy (non-hydrogen) atoms. The lowest BCUT2D eigenvalue weighted by molar-refractivity contribution is -0.133. The molecule has 0 aromatic heterocycles. The molecule has 3 amide bonds. The van der Waals surface area contributed by atoms with Crippen molar-refractivity contribution in [2.24, 2.45) is 4.99 Å². The highest BCUT2D eigenvalue weighted by atomic mass is 16.2. The summed E-state index contributed by atoms with van der Waals surface area (Å²) in [4.78, 5) is 33.2. The van der Waals surface area contributed by atoms with Crippen LogP contribution in [0, 0.1) is 0 Å². The van der Waals surface area contributed by atoms with E-state index in [2.05, 4.69) is 20.5 Å². The van der Waals surface area contributed by atoms with Gasteiger partial charge in [-0.15, -0.1) is 0 Å². The Labute approximate surface area is 111 Å². The van der Waals surface area contributed by atoms with Gasteiger partial charge in [0.05, 0.1) is 0 Å². The number of urea groups is 1. The van der Waals surface area contributed by atoms with Crippen LogP contribution in [0.1, 0.15) is 0 Å². The van der Waals surface area contributed by atoms with E-state index >= 15 is 0 Å². The molecule has 3 aliphatic rings. The quantitative estimate of drug-likeness (QED) is 0.534. The van der Waals surface area contributed by atoms with Crippen LogP contribution in [0.25, 0.3) is 0 Å². The maximum Gasteiger partial charge on any atom is 0.328 e. The number of hydrogen-bond acceptors (Lipinski definition) is 6. The van der Waals surface area contributed by atoms with E-state index in [1.807, 2.05) is 0 Å². The lowest BCUT2D eigenvalue weighted by atomic mass is 10.1. The molecule has 3 aliphatic heterocycles. The Hall–Kier alpha value is -1.83. The van der Waals surface area contributed by atoms with Crippen LogP contribution >= 0.6 is 0 Å². The zero-order valence-corrected chi connectivity index (χ0v) is 11.1. The second-order valence-corrected chi connectivity index (χ2v) is 5.02. The molecule has 8 nitrogen and oxygen atoms in total. The number of hydrogen-bond donors (Lipinski definition) is 2. The number of piperazine rings is 1. The number of likely N-dealkylation sites (N-methyl/N-ethyl adjacent to an activating group) is 2. The fourth-order valence-electron chi connectivity index (χ4n) is 2.65. The maximum atomic E-state index is 12.1. The van der Waals surface area contributed by atoms with Crippen LogP contribution in [0.3, 0.4) is 0 Å².